The Hall–Kier alpha value is -2.68. The number of benzene rings is 3. The van der Waals surface area contributed by atoms with Crippen molar-refractivity contribution < 1.29 is 9.90 Å². The van der Waals surface area contributed by atoms with E-state index in [-0.39, 0.29) is 5.78 Å². The molecule has 1 aliphatic carbocycles. The van der Waals surface area contributed by atoms with Gasteiger partial charge in [-0.15, -0.1) is 0 Å². The van der Waals surface area contributed by atoms with Crippen LogP contribution in [0.3, 0.4) is 0 Å². The Labute approximate surface area is 163 Å². The summed E-state index contributed by atoms with van der Waals surface area (Å²) in [6.07, 6.45) is 0. The molecule has 0 unspecified atom stereocenters. The number of hydrogen-bond acceptors (Lipinski definition) is 2. The van der Waals surface area contributed by atoms with Gasteiger partial charge in [-0.3, -0.25) is 4.79 Å². The van der Waals surface area contributed by atoms with Gasteiger partial charge in [0.2, 0.25) is 0 Å². The predicted molar refractivity (Wildman–Crippen MR) is 109 cm³/mol. The molecule has 0 saturated heterocycles. The normalized spacial score (nSPS) is 22.3. The van der Waals surface area contributed by atoms with E-state index in [0.717, 1.165) is 5.56 Å². The number of carbonyl (C=O) groups excluding carboxylic acids is 1. The molecule has 0 bridgehead atoms. The van der Waals surface area contributed by atoms with E-state index in [1.165, 1.54) is 0 Å². The molecule has 134 valence electrons. The number of allylic oxidation sites excluding steroid dienone is 1. The van der Waals surface area contributed by atoms with Gasteiger partial charge in [-0.05, 0) is 17.2 Å². The standard InChI is InChI=1S/C24H19ClO2/c1-16-23(26)21(19-14-8-9-15-20(19)25)22(17-10-4-2-5-11-17)24(16,27)18-12-6-3-7-13-18/h2-16,27H,1H3/t16-,24+/m1/s1. The number of Topliss-reactive ketones (excluding diaryl/α,β-unsaturated/α-hetero) is 1. The first-order valence-corrected chi connectivity index (χ1v) is 9.30. The molecule has 0 aromatic heterocycles. The largest absolute Gasteiger partial charge is 0.380 e. The Bertz CT molecular complexity index is 1020. The number of ketones is 1. The van der Waals surface area contributed by atoms with E-state index >= 15 is 0 Å². The molecule has 4 rings (SSSR count). The van der Waals surface area contributed by atoms with Crippen molar-refractivity contribution in [3.05, 3.63) is 107 Å². The molecule has 0 saturated carbocycles. The second-order valence-electron chi connectivity index (χ2n) is 6.81. The van der Waals surface area contributed by atoms with Crippen LogP contribution in [0.4, 0.5) is 0 Å². The fourth-order valence-corrected chi connectivity index (χ4v) is 4.15. The van der Waals surface area contributed by atoms with Crippen molar-refractivity contribution in [3.8, 4) is 0 Å². The molecular formula is C24H19ClO2. The maximum atomic E-state index is 13.4. The van der Waals surface area contributed by atoms with E-state index < -0.39 is 11.5 Å². The lowest BCUT2D eigenvalue weighted by Gasteiger charge is -2.31. The number of aliphatic hydroxyl groups is 1. The van der Waals surface area contributed by atoms with E-state index in [2.05, 4.69) is 0 Å². The zero-order chi connectivity index (χ0) is 19.0. The van der Waals surface area contributed by atoms with Crippen LogP contribution in [-0.4, -0.2) is 10.9 Å². The molecule has 27 heavy (non-hydrogen) atoms. The van der Waals surface area contributed by atoms with Crippen LogP contribution in [0.25, 0.3) is 11.1 Å². The second kappa shape index (κ2) is 6.80. The fraction of sp³-hybridized carbons (Fsp3) is 0.125. The summed E-state index contributed by atoms with van der Waals surface area (Å²) in [4.78, 5) is 13.4. The summed E-state index contributed by atoms with van der Waals surface area (Å²) < 4.78 is 0. The summed E-state index contributed by atoms with van der Waals surface area (Å²) in [5, 5.41) is 12.4. The summed E-state index contributed by atoms with van der Waals surface area (Å²) in [6.45, 7) is 1.78. The molecule has 3 aromatic rings. The van der Waals surface area contributed by atoms with Crippen LogP contribution >= 0.6 is 11.6 Å². The zero-order valence-corrected chi connectivity index (χ0v) is 15.6. The molecule has 1 aliphatic rings. The van der Waals surface area contributed by atoms with E-state index in [4.69, 9.17) is 11.6 Å². The molecular weight excluding hydrogens is 356 g/mol. The van der Waals surface area contributed by atoms with Crippen LogP contribution in [0.15, 0.2) is 84.9 Å². The Morgan fingerprint density at radius 3 is 2.04 bits per heavy atom. The molecule has 0 aliphatic heterocycles. The minimum Gasteiger partial charge on any atom is -0.380 e. The summed E-state index contributed by atoms with van der Waals surface area (Å²) in [7, 11) is 0. The SMILES string of the molecule is C[C@@H]1C(=O)C(c2ccccc2Cl)=C(c2ccccc2)[C@@]1(O)c1ccccc1. The molecule has 0 amide bonds. The van der Waals surface area contributed by atoms with Gasteiger partial charge in [0.05, 0.1) is 5.92 Å². The van der Waals surface area contributed by atoms with Crippen molar-refractivity contribution in [1.29, 1.82) is 0 Å². The Morgan fingerprint density at radius 2 is 1.41 bits per heavy atom. The molecule has 3 aromatic carbocycles. The highest BCUT2D eigenvalue weighted by Gasteiger charge is 2.52. The Balaban J connectivity index is 2.09. The smallest absolute Gasteiger partial charge is 0.170 e. The average molecular weight is 375 g/mol. The van der Waals surface area contributed by atoms with Gasteiger partial charge in [0.15, 0.2) is 5.78 Å². The molecule has 2 atom stereocenters. The monoisotopic (exact) mass is 374 g/mol. The van der Waals surface area contributed by atoms with E-state index in [9.17, 15) is 9.90 Å². The Kier molecular flexibility index (Phi) is 4.47. The predicted octanol–water partition coefficient (Wildman–Crippen LogP) is 5.36. The van der Waals surface area contributed by atoms with Gasteiger partial charge < -0.3 is 5.11 Å². The lowest BCUT2D eigenvalue weighted by Crippen LogP contribution is -2.33. The van der Waals surface area contributed by atoms with Gasteiger partial charge in [0.25, 0.3) is 0 Å². The van der Waals surface area contributed by atoms with Crippen molar-refractivity contribution >= 4 is 28.5 Å². The number of rotatable bonds is 3. The third-order valence-corrected chi connectivity index (χ3v) is 5.65. The number of hydrogen-bond donors (Lipinski definition) is 1. The van der Waals surface area contributed by atoms with Gasteiger partial charge in [0, 0.05) is 21.7 Å². The van der Waals surface area contributed by atoms with Crippen LogP contribution in [0, 0.1) is 5.92 Å². The number of carbonyl (C=O) groups is 1. The van der Waals surface area contributed by atoms with Gasteiger partial charge in [0.1, 0.15) is 5.60 Å². The summed E-state index contributed by atoms with van der Waals surface area (Å²) >= 11 is 6.44. The number of halogens is 1. The van der Waals surface area contributed by atoms with Crippen LogP contribution < -0.4 is 0 Å². The minimum atomic E-state index is -1.42. The molecule has 0 fully saturated rings. The summed E-state index contributed by atoms with van der Waals surface area (Å²) in [5.74, 6) is -0.727. The van der Waals surface area contributed by atoms with Crippen LogP contribution in [0.2, 0.25) is 5.02 Å². The van der Waals surface area contributed by atoms with Crippen LogP contribution in [0.5, 0.6) is 0 Å². The minimum absolute atomic E-state index is 0.103. The first-order valence-electron chi connectivity index (χ1n) is 8.92. The van der Waals surface area contributed by atoms with Crippen molar-refractivity contribution in [1.82, 2.24) is 0 Å². The van der Waals surface area contributed by atoms with E-state index in [1.807, 2.05) is 78.9 Å². The van der Waals surface area contributed by atoms with Crippen molar-refractivity contribution in [2.75, 3.05) is 0 Å². The maximum Gasteiger partial charge on any atom is 0.170 e. The van der Waals surface area contributed by atoms with E-state index in [1.54, 1.807) is 13.0 Å². The van der Waals surface area contributed by atoms with Crippen LogP contribution in [0.1, 0.15) is 23.6 Å². The fourth-order valence-electron chi connectivity index (χ4n) is 3.92. The van der Waals surface area contributed by atoms with Gasteiger partial charge in [-0.25, -0.2) is 0 Å². The highest BCUT2D eigenvalue weighted by Crippen LogP contribution is 2.53. The van der Waals surface area contributed by atoms with Gasteiger partial charge >= 0.3 is 0 Å². The van der Waals surface area contributed by atoms with Crippen LogP contribution in [-0.2, 0) is 10.4 Å². The molecule has 0 radical (unpaired) electrons. The first kappa shape index (κ1) is 17.7. The lowest BCUT2D eigenvalue weighted by molar-refractivity contribution is -0.121. The first-order chi connectivity index (χ1) is 13.0. The highest BCUT2D eigenvalue weighted by molar-refractivity contribution is 6.39. The third kappa shape index (κ3) is 2.73. The Morgan fingerprint density at radius 1 is 0.852 bits per heavy atom. The summed E-state index contributed by atoms with van der Waals surface area (Å²) in [5.41, 5.74) is 1.85. The molecule has 1 N–H and O–H groups in total. The molecule has 2 nitrogen and oxygen atoms in total. The maximum absolute atomic E-state index is 13.4. The topological polar surface area (TPSA) is 37.3 Å². The average Bonchev–Trinajstić information content (AvgIpc) is 2.92. The van der Waals surface area contributed by atoms with Gasteiger partial charge in [-0.1, -0.05) is 97.4 Å². The zero-order valence-electron chi connectivity index (χ0n) is 14.9. The molecule has 3 heteroatoms. The molecule has 0 spiro atoms. The molecule has 0 heterocycles. The second-order valence-corrected chi connectivity index (χ2v) is 7.22. The van der Waals surface area contributed by atoms with E-state index in [0.29, 0.717) is 27.3 Å². The van der Waals surface area contributed by atoms with Crippen molar-refractivity contribution in [2.45, 2.75) is 12.5 Å². The van der Waals surface area contributed by atoms with Crippen molar-refractivity contribution in [3.63, 3.8) is 0 Å². The lowest BCUT2D eigenvalue weighted by atomic mass is 9.78. The van der Waals surface area contributed by atoms with Gasteiger partial charge in [-0.2, -0.15) is 0 Å². The van der Waals surface area contributed by atoms with Crippen molar-refractivity contribution in [2.24, 2.45) is 5.92 Å². The summed E-state index contributed by atoms with van der Waals surface area (Å²) in [6, 6.07) is 26.2. The highest BCUT2D eigenvalue weighted by atomic mass is 35.5. The third-order valence-electron chi connectivity index (χ3n) is 5.32. The quantitative estimate of drug-likeness (QED) is 0.670.